The molecule has 3 rings (SSSR count). The molecule has 1 aliphatic rings. The van der Waals surface area contributed by atoms with Crippen LogP contribution in [0, 0.1) is 0 Å². The lowest BCUT2D eigenvalue weighted by Crippen LogP contribution is -2.36. The number of carbonyl (C=O) groups excluding carboxylic acids is 1. The van der Waals surface area contributed by atoms with Crippen LogP contribution in [0.1, 0.15) is 22.1 Å². The molecule has 1 atom stereocenters. The molecule has 0 radical (unpaired) electrons. The minimum atomic E-state index is -0.494. The zero-order valence-corrected chi connectivity index (χ0v) is 10.1. The summed E-state index contributed by atoms with van der Waals surface area (Å²) in [6.45, 7) is 0. The minimum absolute atomic E-state index is 0.137. The van der Waals surface area contributed by atoms with Gasteiger partial charge in [-0.2, -0.15) is 0 Å². The average molecular weight is 260 g/mol. The standard InChI is InChI=1S/C14H10ClNO2/c15-10-5-3-4-9(8-10)14-16-13(17)11-6-1-2-7-12(11)18-14/h1-8,14H,(H,16,17)/t14-/m1/s1. The number of hydrogen-bond acceptors (Lipinski definition) is 2. The van der Waals surface area contributed by atoms with Crippen molar-refractivity contribution in [3.05, 3.63) is 64.7 Å². The number of halogens is 1. The SMILES string of the molecule is O=C1N[C@@H](c2cccc(Cl)c2)Oc2ccccc21. The van der Waals surface area contributed by atoms with Gasteiger partial charge in [0.1, 0.15) is 5.75 Å². The molecule has 0 bridgehead atoms. The van der Waals surface area contributed by atoms with Gasteiger partial charge in [0.25, 0.3) is 5.91 Å². The fourth-order valence-electron chi connectivity index (χ4n) is 1.93. The van der Waals surface area contributed by atoms with Crippen LogP contribution in [-0.4, -0.2) is 5.91 Å². The number of carbonyl (C=O) groups is 1. The van der Waals surface area contributed by atoms with E-state index in [-0.39, 0.29) is 5.91 Å². The molecule has 0 saturated carbocycles. The average Bonchev–Trinajstić information content (AvgIpc) is 2.39. The molecule has 4 heteroatoms. The number of rotatable bonds is 1. The molecule has 0 fully saturated rings. The van der Waals surface area contributed by atoms with Crippen LogP contribution in [0.4, 0.5) is 0 Å². The number of ether oxygens (including phenoxy) is 1. The maximum Gasteiger partial charge on any atom is 0.258 e. The van der Waals surface area contributed by atoms with Gasteiger partial charge < -0.3 is 10.1 Å². The van der Waals surface area contributed by atoms with Crippen LogP contribution in [0.2, 0.25) is 5.02 Å². The molecular formula is C14H10ClNO2. The fourth-order valence-corrected chi connectivity index (χ4v) is 2.13. The van der Waals surface area contributed by atoms with Crippen molar-refractivity contribution in [3.8, 4) is 5.75 Å². The van der Waals surface area contributed by atoms with Crippen molar-refractivity contribution in [2.75, 3.05) is 0 Å². The number of amides is 1. The van der Waals surface area contributed by atoms with Gasteiger partial charge >= 0.3 is 0 Å². The van der Waals surface area contributed by atoms with Gasteiger partial charge in [-0.1, -0.05) is 35.9 Å². The Bertz CT molecular complexity index is 612. The summed E-state index contributed by atoms with van der Waals surface area (Å²) in [6, 6.07) is 14.4. The number of fused-ring (bicyclic) bond motifs is 1. The van der Waals surface area contributed by atoms with Crippen molar-refractivity contribution >= 4 is 17.5 Å². The highest BCUT2D eigenvalue weighted by Gasteiger charge is 2.26. The third-order valence-corrected chi connectivity index (χ3v) is 3.03. The molecule has 18 heavy (non-hydrogen) atoms. The summed E-state index contributed by atoms with van der Waals surface area (Å²) in [5, 5.41) is 3.41. The van der Waals surface area contributed by atoms with E-state index >= 15 is 0 Å². The highest BCUT2D eigenvalue weighted by molar-refractivity contribution is 6.30. The van der Waals surface area contributed by atoms with E-state index in [1.165, 1.54) is 0 Å². The van der Waals surface area contributed by atoms with E-state index in [4.69, 9.17) is 16.3 Å². The quantitative estimate of drug-likeness (QED) is 0.854. The van der Waals surface area contributed by atoms with Crippen LogP contribution in [-0.2, 0) is 0 Å². The van der Waals surface area contributed by atoms with Gasteiger partial charge in [0.2, 0.25) is 0 Å². The smallest absolute Gasteiger partial charge is 0.258 e. The van der Waals surface area contributed by atoms with Gasteiger partial charge in [0, 0.05) is 10.6 Å². The fraction of sp³-hybridized carbons (Fsp3) is 0.0714. The highest BCUT2D eigenvalue weighted by Crippen LogP contribution is 2.29. The van der Waals surface area contributed by atoms with Crippen molar-refractivity contribution in [1.29, 1.82) is 0 Å². The first-order valence-electron chi connectivity index (χ1n) is 5.56. The van der Waals surface area contributed by atoms with Crippen molar-refractivity contribution in [2.45, 2.75) is 6.23 Å². The molecule has 1 amide bonds. The zero-order chi connectivity index (χ0) is 12.5. The second kappa shape index (κ2) is 4.35. The topological polar surface area (TPSA) is 38.3 Å². The Morgan fingerprint density at radius 2 is 1.94 bits per heavy atom. The van der Waals surface area contributed by atoms with Crippen LogP contribution in [0.3, 0.4) is 0 Å². The van der Waals surface area contributed by atoms with Gasteiger partial charge in [0.05, 0.1) is 5.56 Å². The maximum atomic E-state index is 11.9. The first-order valence-corrected chi connectivity index (χ1v) is 5.94. The molecule has 0 unspecified atom stereocenters. The lowest BCUT2D eigenvalue weighted by molar-refractivity contribution is 0.0756. The summed E-state index contributed by atoms with van der Waals surface area (Å²) in [5.41, 5.74) is 1.38. The first kappa shape index (κ1) is 11.1. The predicted molar refractivity (Wildman–Crippen MR) is 68.7 cm³/mol. The lowest BCUT2D eigenvalue weighted by atomic mass is 10.1. The monoisotopic (exact) mass is 259 g/mol. The molecule has 0 aromatic heterocycles. The Morgan fingerprint density at radius 3 is 2.78 bits per heavy atom. The van der Waals surface area contributed by atoms with Crippen LogP contribution in [0.5, 0.6) is 5.75 Å². The molecular weight excluding hydrogens is 250 g/mol. The van der Waals surface area contributed by atoms with E-state index in [1.807, 2.05) is 24.3 Å². The Balaban J connectivity index is 1.97. The normalized spacial score (nSPS) is 17.6. The molecule has 0 aliphatic carbocycles. The summed E-state index contributed by atoms with van der Waals surface area (Å²) in [6.07, 6.45) is -0.494. The minimum Gasteiger partial charge on any atom is -0.466 e. The molecule has 1 N–H and O–H groups in total. The molecule has 2 aromatic rings. The van der Waals surface area contributed by atoms with Crippen LogP contribution < -0.4 is 10.1 Å². The molecule has 1 aliphatic heterocycles. The third-order valence-electron chi connectivity index (χ3n) is 2.79. The van der Waals surface area contributed by atoms with E-state index in [2.05, 4.69) is 5.32 Å². The largest absolute Gasteiger partial charge is 0.466 e. The van der Waals surface area contributed by atoms with E-state index in [1.54, 1.807) is 24.3 Å². The number of benzene rings is 2. The van der Waals surface area contributed by atoms with Crippen molar-refractivity contribution in [2.24, 2.45) is 0 Å². The summed E-state index contributed by atoms with van der Waals surface area (Å²) < 4.78 is 5.75. The second-order valence-electron chi connectivity index (χ2n) is 4.02. The van der Waals surface area contributed by atoms with Gasteiger partial charge in [0.15, 0.2) is 6.23 Å². The van der Waals surface area contributed by atoms with Crippen molar-refractivity contribution in [1.82, 2.24) is 5.32 Å². The number of nitrogens with one attached hydrogen (secondary N) is 1. The zero-order valence-electron chi connectivity index (χ0n) is 9.39. The molecule has 2 aromatic carbocycles. The Kier molecular flexibility index (Phi) is 2.68. The van der Waals surface area contributed by atoms with E-state index < -0.39 is 6.23 Å². The number of hydrogen-bond donors (Lipinski definition) is 1. The maximum absolute atomic E-state index is 11.9. The lowest BCUT2D eigenvalue weighted by Gasteiger charge is -2.26. The van der Waals surface area contributed by atoms with Gasteiger partial charge in [-0.15, -0.1) is 0 Å². The third kappa shape index (κ3) is 1.93. The number of para-hydroxylation sites is 1. The van der Waals surface area contributed by atoms with Crippen LogP contribution in [0.15, 0.2) is 48.5 Å². The Hall–Kier alpha value is -2.00. The van der Waals surface area contributed by atoms with Crippen LogP contribution >= 0.6 is 11.6 Å². The van der Waals surface area contributed by atoms with Crippen molar-refractivity contribution in [3.63, 3.8) is 0 Å². The second-order valence-corrected chi connectivity index (χ2v) is 4.46. The van der Waals surface area contributed by atoms with Gasteiger partial charge in [-0.3, -0.25) is 4.79 Å². The molecule has 90 valence electrons. The predicted octanol–water partition coefficient (Wildman–Crippen LogP) is 3.16. The summed E-state index contributed by atoms with van der Waals surface area (Å²) >= 11 is 5.93. The Labute approximate surface area is 109 Å². The van der Waals surface area contributed by atoms with Gasteiger partial charge in [-0.25, -0.2) is 0 Å². The molecule has 0 spiro atoms. The van der Waals surface area contributed by atoms with E-state index in [0.29, 0.717) is 16.3 Å². The Morgan fingerprint density at radius 1 is 1.11 bits per heavy atom. The van der Waals surface area contributed by atoms with E-state index in [9.17, 15) is 4.79 Å². The van der Waals surface area contributed by atoms with Gasteiger partial charge in [-0.05, 0) is 24.3 Å². The highest BCUT2D eigenvalue weighted by atomic mass is 35.5. The summed E-state index contributed by atoms with van der Waals surface area (Å²) in [7, 11) is 0. The first-order chi connectivity index (χ1) is 8.74. The van der Waals surface area contributed by atoms with Crippen LogP contribution in [0.25, 0.3) is 0 Å². The molecule has 3 nitrogen and oxygen atoms in total. The van der Waals surface area contributed by atoms with E-state index in [0.717, 1.165) is 5.56 Å². The summed E-state index contributed by atoms with van der Waals surface area (Å²) in [4.78, 5) is 11.9. The summed E-state index contributed by atoms with van der Waals surface area (Å²) in [5.74, 6) is 0.452. The van der Waals surface area contributed by atoms with Crippen molar-refractivity contribution < 1.29 is 9.53 Å². The molecule has 0 saturated heterocycles. The molecule has 1 heterocycles.